The number of nitrogens with zero attached hydrogens (tertiary/aromatic N) is 3. The summed E-state index contributed by atoms with van der Waals surface area (Å²) in [6.45, 7) is 5.70. The van der Waals surface area contributed by atoms with E-state index in [4.69, 9.17) is 8.94 Å². The molecule has 1 fully saturated rings. The van der Waals surface area contributed by atoms with Gasteiger partial charge in [-0.3, -0.25) is 0 Å². The highest BCUT2D eigenvalue weighted by atomic mass is 16.5. The van der Waals surface area contributed by atoms with Crippen molar-refractivity contribution in [3.63, 3.8) is 0 Å². The van der Waals surface area contributed by atoms with E-state index >= 15 is 0 Å². The van der Waals surface area contributed by atoms with Crippen LogP contribution in [-0.4, -0.2) is 27.1 Å². The zero-order valence-corrected chi connectivity index (χ0v) is 13.7. The van der Waals surface area contributed by atoms with Crippen molar-refractivity contribution in [2.24, 2.45) is 0 Å². The first-order chi connectivity index (χ1) is 11.1. The van der Waals surface area contributed by atoms with E-state index in [1.54, 1.807) is 13.2 Å². The first-order valence-corrected chi connectivity index (χ1v) is 8.02. The molecule has 0 aliphatic heterocycles. The molecule has 0 spiro atoms. The average molecular weight is 318 g/mol. The van der Waals surface area contributed by atoms with E-state index in [-0.39, 0.29) is 24.2 Å². The van der Waals surface area contributed by atoms with Crippen LogP contribution < -0.4 is 5.32 Å². The van der Waals surface area contributed by atoms with Crippen LogP contribution in [0.3, 0.4) is 0 Å². The van der Waals surface area contributed by atoms with E-state index in [1.165, 1.54) is 0 Å². The SMILES string of the molecule is CC[C@@H](NC(=O)N(C1CC1)[C@H](C)c1ccco1)c1noc(C)n1. The third-order valence-corrected chi connectivity index (χ3v) is 4.11. The molecule has 3 rings (SSSR count). The molecular weight excluding hydrogens is 296 g/mol. The molecular formula is C16H22N4O3. The van der Waals surface area contributed by atoms with Crippen molar-refractivity contribution < 1.29 is 13.7 Å². The number of rotatable bonds is 6. The van der Waals surface area contributed by atoms with Crippen molar-refractivity contribution in [2.75, 3.05) is 0 Å². The second-order valence-electron chi connectivity index (χ2n) is 5.91. The second kappa shape index (κ2) is 6.44. The molecule has 2 heterocycles. The molecule has 0 unspecified atom stereocenters. The molecule has 2 aromatic rings. The Kier molecular flexibility index (Phi) is 4.36. The Balaban J connectivity index is 1.73. The van der Waals surface area contributed by atoms with E-state index in [0.717, 1.165) is 18.6 Å². The zero-order chi connectivity index (χ0) is 16.4. The fraction of sp³-hybridized carbons (Fsp3) is 0.562. The number of furan rings is 1. The maximum Gasteiger partial charge on any atom is 0.318 e. The van der Waals surface area contributed by atoms with E-state index in [0.29, 0.717) is 18.1 Å². The number of hydrogen-bond acceptors (Lipinski definition) is 5. The lowest BCUT2D eigenvalue weighted by Crippen LogP contribution is -2.44. The number of hydrogen-bond donors (Lipinski definition) is 1. The number of carbonyl (C=O) groups is 1. The highest BCUT2D eigenvalue weighted by Crippen LogP contribution is 2.34. The van der Waals surface area contributed by atoms with Crippen molar-refractivity contribution in [3.05, 3.63) is 35.9 Å². The van der Waals surface area contributed by atoms with Crippen LogP contribution in [0.5, 0.6) is 0 Å². The molecule has 1 aliphatic carbocycles. The smallest absolute Gasteiger partial charge is 0.318 e. The Morgan fingerprint density at radius 1 is 1.52 bits per heavy atom. The minimum absolute atomic E-state index is 0.109. The summed E-state index contributed by atoms with van der Waals surface area (Å²) in [5.41, 5.74) is 0. The number of nitrogens with one attached hydrogen (secondary N) is 1. The van der Waals surface area contributed by atoms with Crippen LogP contribution in [0.25, 0.3) is 0 Å². The maximum atomic E-state index is 12.8. The Morgan fingerprint density at radius 3 is 2.83 bits per heavy atom. The second-order valence-corrected chi connectivity index (χ2v) is 5.91. The summed E-state index contributed by atoms with van der Waals surface area (Å²) in [6.07, 6.45) is 4.37. The van der Waals surface area contributed by atoms with Crippen LogP contribution in [0.15, 0.2) is 27.3 Å². The van der Waals surface area contributed by atoms with Gasteiger partial charge >= 0.3 is 6.03 Å². The molecule has 0 aromatic carbocycles. The summed E-state index contributed by atoms with van der Waals surface area (Å²) < 4.78 is 10.5. The third-order valence-electron chi connectivity index (χ3n) is 4.11. The van der Waals surface area contributed by atoms with Gasteiger partial charge in [0.25, 0.3) is 0 Å². The summed E-state index contributed by atoms with van der Waals surface area (Å²) in [5.74, 6) is 1.80. The molecule has 23 heavy (non-hydrogen) atoms. The normalized spacial score (nSPS) is 16.8. The monoisotopic (exact) mass is 318 g/mol. The van der Waals surface area contributed by atoms with E-state index < -0.39 is 0 Å². The van der Waals surface area contributed by atoms with Gasteiger partial charge in [0.15, 0.2) is 5.82 Å². The zero-order valence-electron chi connectivity index (χ0n) is 13.7. The van der Waals surface area contributed by atoms with Gasteiger partial charge in [0.1, 0.15) is 5.76 Å². The average Bonchev–Trinajstić information content (AvgIpc) is 3.03. The van der Waals surface area contributed by atoms with Gasteiger partial charge in [-0.15, -0.1) is 0 Å². The largest absolute Gasteiger partial charge is 0.467 e. The summed E-state index contributed by atoms with van der Waals surface area (Å²) in [6, 6.07) is 3.51. The van der Waals surface area contributed by atoms with Crippen molar-refractivity contribution in [3.8, 4) is 0 Å². The minimum atomic E-state index is -0.259. The summed E-state index contributed by atoms with van der Waals surface area (Å²) >= 11 is 0. The predicted octanol–water partition coefficient (Wildman–Crippen LogP) is 3.36. The minimum Gasteiger partial charge on any atom is -0.467 e. The molecule has 7 nitrogen and oxygen atoms in total. The van der Waals surface area contributed by atoms with Crippen LogP contribution in [0.2, 0.25) is 0 Å². The Morgan fingerprint density at radius 2 is 2.30 bits per heavy atom. The highest BCUT2D eigenvalue weighted by Gasteiger charge is 2.38. The highest BCUT2D eigenvalue weighted by molar-refractivity contribution is 5.75. The summed E-state index contributed by atoms with van der Waals surface area (Å²) in [4.78, 5) is 18.9. The predicted molar refractivity (Wildman–Crippen MR) is 82.6 cm³/mol. The van der Waals surface area contributed by atoms with Gasteiger partial charge in [-0.25, -0.2) is 4.79 Å². The Bertz CT molecular complexity index is 648. The van der Waals surface area contributed by atoms with Crippen LogP contribution in [-0.2, 0) is 0 Å². The van der Waals surface area contributed by atoms with Gasteiger partial charge in [-0.1, -0.05) is 12.1 Å². The quantitative estimate of drug-likeness (QED) is 0.883. The third kappa shape index (κ3) is 3.38. The van der Waals surface area contributed by atoms with E-state index in [1.807, 2.05) is 30.9 Å². The van der Waals surface area contributed by atoms with Gasteiger partial charge < -0.3 is 19.2 Å². The number of urea groups is 1. The lowest BCUT2D eigenvalue weighted by Gasteiger charge is -2.29. The fourth-order valence-electron chi connectivity index (χ4n) is 2.71. The van der Waals surface area contributed by atoms with Crippen molar-refractivity contribution in [1.82, 2.24) is 20.4 Å². The summed E-state index contributed by atoms with van der Waals surface area (Å²) in [7, 11) is 0. The molecule has 1 N–H and O–H groups in total. The van der Waals surface area contributed by atoms with Crippen molar-refractivity contribution in [2.45, 2.75) is 58.2 Å². The van der Waals surface area contributed by atoms with Crippen LogP contribution >= 0.6 is 0 Å². The molecule has 7 heteroatoms. The van der Waals surface area contributed by atoms with Crippen LogP contribution in [0, 0.1) is 6.92 Å². The first kappa shape index (κ1) is 15.6. The topological polar surface area (TPSA) is 84.4 Å². The van der Waals surface area contributed by atoms with Gasteiger partial charge in [0.05, 0.1) is 18.3 Å². The standard InChI is InChI=1S/C16H22N4O3/c1-4-13(15-17-11(3)23-19-15)18-16(21)20(12-7-8-12)10(2)14-6-5-9-22-14/h5-6,9-10,12-13H,4,7-8H2,1-3H3,(H,18,21)/t10-,13-/m1/s1. The van der Waals surface area contributed by atoms with E-state index in [2.05, 4.69) is 15.5 Å². The molecule has 0 radical (unpaired) electrons. The van der Waals surface area contributed by atoms with Gasteiger partial charge in [0.2, 0.25) is 5.89 Å². The van der Waals surface area contributed by atoms with Crippen LogP contribution in [0.1, 0.15) is 62.7 Å². The molecule has 124 valence electrons. The number of aryl methyl sites for hydroxylation is 1. The molecule has 1 saturated carbocycles. The molecule has 2 atom stereocenters. The number of carbonyl (C=O) groups excluding carboxylic acids is 1. The lowest BCUT2D eigenvalue weighted by molar-refractivity contribution is 0.161. The number of amides is 2. The van der Waals surface area contributed by atoms with Crippen molar-refractivity contribution in [1.29, 1.82) is 0 Å². The molecule has 2 aromatic heterocycles. The van der Waals surface area contributed by atoms with Gasteiger partial charge in [-0.05, 0) is 38.3 Å². The molecule has 2 amide bonds. The Hall–Kier alpha value is -2.31. The first-order valence-electron chi connectivity index (χ1n) is 8.02. The molecule has 0 bridgehead atoms. The Labute approximate surface area is 135 Å². The molecule has 0 saturated heterocycles. The van der Waals surface area contributed by atoms with Gasteiger partial charge in [0, 0.05) is 13.0 Å². The van der Waals surface area contributed by atoms with Crippen LogP contribution in [0.4, 0.5) is 4.79 Å². The van der Waals surface area contributed by atoms with Gasteiger partial charge in [-0.2, -0.15) is 4.98 Å². The fourth-order valence-corrected chi connectivity index (χ4v) is 2.71. The summed E-state index contributed by atoms with van der Waals surface area (Å²) in [5, 5.41) is 6.94. The lowest BCUT2D eigenvalue weighted by atomic mass is 10.2. The maximum absolute atomic E-state index is 12.8. The van der Waals surface area contributed by atoms with Crippen molar-refractivity contribution >= 4 is 6.03 Å². The number of aromatic nitrogens is 2. The molecule has 1 aliphatic rings. The van der Waals surface area contributed by atoms with E-state index in [9.17, 15) is 4.79 Å².